The number of ether oxygens (including phenoxy) is 1. The standard InChI is InChI=1S/C24H32N4O5/c1-2-32-23(30)18(25)12-27-33-22(29)17-11-26-19-5-3-4-16(19)21(17)28-20-14-6-13-7-15(20)10-24(31,8-13)9-14/h3-4,11,13-15,18,20,27,31H,2,5-10,12,25H2,1H3,(H,26,28)/t13?,14-,15+,18?,20?,24?. The van der Waals surface area contributed by atoms with Crippen LogP contribution in [0, 0.1) is 17.8 Å². The molecule has 0 spiro atoms. The van der Waals surface area contributed by atoms with Crippen LogP contribution in [0.3, 0.4) is 0 Å². The van der Waals surface area contributed by atoms with Crippen LogP contribution in [0.4, 0.5) is 5.69 Å². The lowest BCUT2D eigenvalue weighted by Gasteiger charge is -2.58. The number of aromatic nitrogens is 1. The first kappa shape index (κ1) is 22.3. The number of nitrogens with two attached hydrogens (primary N) is 1. The van der Waals surface area contributed by atoms with Gasteiger partial charge in [-0.3, -0.25) is 9.78 Å². The summed E-state index contributed by atoms with van der Waals surface area (Å²) in [5.41, 5.74) is 10.6. The predicted molar refractivity (Wildman–Crippen MR) is 121 cm³/mol. The van der Waals surface area contributed by atoms with Crippen molar-refractivity contribution < 1.29 is 24.3 Å². The molecule has 5 N–H and O–H groups in total. The fourth-order valence-corrected chi connectivity index (χ4v) is 6.48. The molecule has 5 aliphatic carbocycles. The summed E-state index contributed by atoms with van der Waals surface area (Å²) in [6.07, 6.45) is 11.1. The van der Waals surface area contributed by atoms with E-state index in [1.165, 1.54) is 0 Å². The zero-order valence-corrected chi connectivity index (χ0v) is 18.9. The van der Waals surface area contributed by atoms with E-state index in [1.54, 1.807) is 13.1 Å². The summed E-state index contributed by atoms with van der Waals surface area (Å²) in [6.45, 7) is 1.88. The van der Waals surface area contributed by atoms with Crippen molar-refractivity contribution in [1.82, 2.24) is 10.5 Å². The fourth-order valence-electron chi connectivity index (χ4n) is 6.48. The molecular weight excluding hydrogens is 424 g/mol. The van der Waals surface area contributed by atoms with Crippen molar-refractivity contribution in [3.05, 3.63) is 29.1 Å². The Morgan fingerprint density at radius 3 is 2.76 bits per heavy atom. The van der Waals surface area contributed by atoms with Gasteiger partial charge >= 0.3 is 11.9 Å². The molecule has 0 saturated heterocycles. The third-order valence-electron chi connectivity index (χ3n) is 7.62. The Hall–Kier alpha value is -2.49. The number of fused-ring (bicyclic) bond motifs is 1. The molecule has 4 fully saturated rings. The van der Waals surface area contributed by atoms with E-state index in [4.69, 9.17) is 15.3 Å². The van der Waals surface area contributed by atoms with E-state index in [2.05, 4.69) is 15.8 Å². The van der Waals surface area contributed by atoms with Crippen LogP contribution in [0.25, 0.3) is 6.08 Å². The molecule has 4 saturated carbocycles. The Balaban J connectivity index is 1.32. The van der Waals surface area contributed by atoms with Gasteiger partial charge in [0.1, 0.15) is 11.6 Å². The normalized spacial score (nSPS) is 31.8. The lowest BCUT2D eigenvalue weighted by atomic mass is 9.52. The van der Waals surface area contributed by atoms with Crippen LogP contribution in [0.1, 0.15) is 60.6 Å². The molecule has 0 radical (unpaired) electrons. The minimum atomic E-state index is -0.935. The van der Waals surface area contributed by atoms with Gasteiger partial charge < -0.3 is 25.7 Å². The molecule has 178 valence electrons. The average molecular weight is 457 g/mol. The van der Waals surface area contributed by atoms with Crippen molar-refractivity contribution in [3.63, 3.8) is 0 Å². The van der Waals surface area contributed by atoms with Gasteiger partial charge in [-0.05, 0) is 56.8 Å². The lowest BCUT2D eigenvalue weighted by Crippen LogP contribution is -2.59. The topological polar surface area (TPSA) is 136 Å². The number of rotatable bonds is 8. The van der Waals surface area contributed by atoms with Crippen molar-refractivity contribution in [2.75, 3.05) is 18.5 Å². The molecule has 0 aromatic carbocycles. The van der Waals surface area contributed by atoms with Gasteiger partial charge in [-0.1, -0.05) is 12.2 Å². The Labute approximate surface area is 193 Å². The Kier molecular flexibility index (Phi) is 5.88. The lowest BCUT2D eigenvalue weighted by molar-refractivity contribution is -0.145. The number of carbonyl (C=O) groups is 2. The molecular formula is C24H32N4O5. The SMILES string of the molecule is CCOC(=O)C(N)CNOC(=O)c1cnc2c(c1NC1[C@@H]3CC4C[C@H]1CC(O)(C4)C3)C=CC2. The van der Waals surface area contributed by atoms with Crippen molar-refractivity contribution >= 4 is 23.7 Å². The number of hydroxylamine groups is 1. The summed E-state index contributed by atoms with van der Waals surface area (Å²) in [4.78, 5) is 34.3. The van der Waals surface area contributed by atoms with Gasteiger partial charge in [0, 0.05) is 24.2 Å². The number of esters is 1. The Morgan fingerprint density at radius 2 is 2.06 bits per heavy atom. The van der Waals surface area contributed by atoms with Crippen molar-refractivity contribution in [1.29, 1.82) is 0 Å². The quantitative estimate of drug-likeness (QED) is 0.339. The molecule has 1 aromatic rings. The number of aliphatic hydroxyl groups is 1. The smallest absolute Gasteiger partial charge is 0.360 e. The van der Waals surface area contributed by atoms with Gasteiger partial charge in [0.05, 0.1) is 30.1 Å². The first-order valence-corrected chi connectivity index (χ1v) is 11.9. The maximum Gasteiger partial charge on any atom is 0.360 e. The highest BCUT2D eigenvalue weighted by molar-refractivity contribution is 5.98. The Bertz CT molecular complexity index is 964. The summed E-state index contributed by atoms with van der Waals surface area (Å²) >= 11 is 0. The van der Waals surface area contributed by atoms with Crippen LogP contribution in [-0.2, 0) is 20.8 Å². The summed E-state index contributed by atoms with van der Waals surface area (Å²) in [5.74, 6) is 0.230. The summed E-state index contributed by atoms with van der Waals surface area (Å²) in [6, 6.07) is -0.727. The minimum Gasteiger partial charge on any atom is -0.465 e. The third-order valence-corrected chi connectivity index (χ3v) is 7.62. The maximum atomic E-state index is 13.0. The highest BCUT2D eigenvalue weighted by Crippen LogP contribution is 2.56. The second-order valence-corrected chi connectivity index (χ2v) is 9.97. The van der Waals surface area contributed by atoms with Crippen molar-refractivity contribution in [2.24, 2.45) is 23.5 Å². The van der Waals surface area contributed by atoms with Crippen LogP contribution in [0.15, 0.2) is 12.3 Å². The van der Waals surface area contributed by atoms with Gasteiger partial charge in [-0.15, -0.1) is 0 Å². The van der Waals surface area contributed by atoms with E-state index in [9.17, 15) is 14.7 Å². The fraction of sp³-hybridized carbons (Fsp3) is 0.625. The molecule has 5 aliphatic rings. The van der Waals surface area contributed by atoms with E-state index >= 15 is 0 Å². The number of pyridine rings is 1. The zero-order valence-electron chi connectivity index (χ0n) is 18.9. The second-order valence-electron chi connectivity index (χ2n) is 9.97. The predicted octanol–water partition coefficient (Wildman–Crippen LogP) is 1.55. The highest BCUT2D eigenvalue weighted by Gasteiger charge is 2.55. The van der Waals surface area contributed by atoms with Crippen LogP contribution in [-0.4, -0.2) is 52.9 Å². The monoisotopic (exact) mass is 456 g/mol. The van der Waals surface area contributed by atoms with Gasteiger partial charge in [0.25, 0.3) is 0 Å². The summed E-state index contributed by atoms with van der Waals surface area (Å²) < 4.78 is 4.86. The first-order chi connectivity index (χ1) is 15.9. The van der Waals surface area contributed by atoms with Crippen LogP contribution >= 0.6 is 0 Å². The Morgan fingerprint density at radius 1 is 1.30 bits per heavy atom. The van der Waals surface area contributed by atoms with E-state index in [0.29, 0.717) is 23.3 Å². The molecule has 9 heteroatoms. The van der Waals surface area contributed by atoms with Crippen LogP contribution < -0.4 is 16.5 Å². The molecule has 1 heterocycles. The van der Waals surface area contributed by atoms with E-state index in [0.717, 1.165) is 55.5 Å². The maximum absolute atomic E-state index is 13.0. The molecule has 4 bridgehead atoms. The number of nitrogens with zero attached hydrogens (tertiary/aromatic N) is 1. The average Bonchev–Trinajstić information content (AvgIpc) is 3.24. The molecule has 1 aromatic heterocycles. The number of nitrogens with one attached hydrogen (secondary N) is 2. The van der Waals surface area contributed by atoms with Gasteiger partial charge in [-0.25, -0.2) is 4.79 Å². The number of allylic oxidation sites excluding steroid dienone is 1. The molecule has 33 heavy (non-hydrogen) atoms. The number of carbonyl (C=O) groups excluding carboxylic acids is 2. The number of anilines is 1. The minimum absolute atomic E-state index is 0.0572. The molecule has 9 nitrogen and oxygen atoms in total. The number of hydrogen-bond acceptors (Lipinski definition) is 9. The zero-order chi connectivity index (χ0) is 23.2. The van der Waals surface area contributed by atoms with Gasteiger partial charge in [0.2, 0.25) is 0 Å². The second kappa shape index (κ2) is 8.70. The summed E-state index contributed by atoms with van der Waals surface area (Å²) in [7, 11) is 0. The first-order valence-electron chi connectivity index (χ1n) is 11.9. The molecule has 4 unspecified atom stereocenters. The van der Waals surface area contributed by atoms with Crippen LogP contribution in [0.2, 0.25) is 0 Å². The van der Waals surface area contributed by atoms with Crippen molar-refractivity contribution in [3.8, 4) is 0 Å². The van der Waals surface area contributed by atoms with Crippen molar-refractivity contribution in [2.45, 2.75) is 63.1 Å². The largest absolute Gasteiger partial charge is 0.465 e. The molecule has 6 rings (SSSR count). The van der Waals surface area contributed by atoms with Gasteiger partial charge in [-0.2, -0.15) is 5.48 Å². The third kappa shape index (κ3) is 4.25. The van der Waals surface area contributed by atoms with E-state index in [-0.39, 0.29) is 19.2 Å². The van der Waals surface area contributed by atoms with E-state index < -0.39 is 23.6 Å². The van der Waals surface area contributed by atoms with E-state index in [1.807, 2.05) is 12.2 Å². The van der Waals surface area contributed by atoms with Gasteiger partial charge in [0.15, 0.2) is 0 Å². The number of hydrogen-bond donors (Lipinski definition) is 4. The van der Waals surface area contributed by atoms with Crippen LogP contribution in [0.5, 0.6) is 0 Å². The summed E-state index contributed by atoms with van der Waals surface area (Å²) in [5, 5.41) is 14.6. The molecule has 6 atom stereocenters. The highest BCUT2D eigenvalue weighted by atomic mass is 16.7. The molecule has 0 amide bonds. The molecule has 0 aliphatic heterocycles.